The lowest BCUT2D eigenvalue weighted by atomic mass is 9.90. The third-order valence-electron chi connectivity index (χ3n) is 4.48. The van der Waals surface area contributed by atoms with Gasteiger partial charge in [-0.05, 0) is 6.07 Å². The Labute approximate surface area is 178 Å². The lowest BCUT2D eigenvalue weighted by molar-refractivity contribution is 0.245. The van der Waals surface area contributed by atoms with E-state index in [2.05, 4.69) is 9.97 Å². The van der Waals surface area contributed by atoms with Crippen LogP contribution in [0.25, 0.3) is 11.3 Å². The summed E-state index contributed by atoms with van der Waals surface area (Å²) in [6.45, 7) is 5.62. The smallest absolute Gasteiger partial charge is 0.272 e. The van der Waals surface area contributed by atoms with E-state index >= 15 is 0 Å². The molecule has 2 aromatic heterocycles. The number of fused-ring (bicyclic) bond motifs is 1. The van der Waals surface area contributed by atoms with Crippen LogP contribution >= 0.6 is 11.8 Å². The van der Waals surface area contributed by atoms with Gasteiger partial charge in [0.1, 0.15) is 17.4 Å². The van der Waals surface area contributed by atoms with Gasteiger partial charge in [-0.25, -0.2) is 9.37 Å². The summed E-state index contributed by atoms with van der Waals surface area (Å²) in [6, 6.07) is 3.11. The highest BCUT2D eigenvalue weighted by molar-refractivity contribution is 7.99. The molecule has 0 saturated carbocycles. The van der Waals surface area contributed by atoms with Crippen molar-refractivity contribution in [1.29, 1.82) is 5.26 Å². The fraction of sp³-hybridized carbons (Fsp3) is 0.474. The quantitative estimate of drug-likeness (QED) is 0.513. The van der Waals surface area contributed by atoms with Crippen LogP contribution in [0.1, 0.15) is 32.0 Å². The Balaban J connectivity index is 2.01. The zero-order valence-electron chi connectivity index (χ0n) is 17.0. The Bertz CT molecular complexity index is 1200. The molecule has 1 unspecified atom stereocenters. The van der Waals surface area contributed by atoms with Crippen molar-refractivity contribution < 1.29 is 17.0 Å². The van der Waals surface area contributed by atoms with Gasteiger partial charge >= 0.3 is 0 Å². The van der Waals surface area contributed by atoms with Crippen molar-refractivity contribution in [2.45, 2.75) is 37.9 Å². The molecule has 160 valence electrons. The highest BCUT2D eigenvalue weighted by atomic mass is 32.2. The van der Waals surface area contributed by atoms with Crippen LogP contribution in [-0.4, -0.2) is 41.6 Å². The maximum absolute atomic E-state index is 14.6. The monoisotopic (exact) mass is 452 g/mol. The second-order valence-electron chi connectivity index (χ2n) is 8.12. The molecule has 3 rings (SSSR count). The van der Waals surface area contributed by atoms with Crippen LogP contribution in [0.5, 0.6) is 0 Å². The predicted octanol–water partition coefficient (Wildman–Crippen LogP) is 2.31. The zero-order chi connectivity index (χ0) is 22.3. The van der Waals surface area contributed by atoms with E-state index in [1.807, 2.05) is 26.8 Å². The molecule has 1 atom stereocenters. The van der Waals surface area contributed by atoms with Crippen LogP contribution < -0.4 is 5.56 Å². The molecule has 30 heavy (non-hydrogen) atoms. The molecule has 0 aromatic carbocycles. The molecule has 0 aliphatic carbocycles. The van der Waals surface area contributed by atoms with Gasteiger partial charge in [0.2, 0.25) is 0 Å². The zero-order valence-corrected chi connectivity index (χ0v) is 18.6. The summed E-state index contributed by atoms with van der Waals surface area (Å²) < 4.78 is 43.2. The SMILES string of the molecule is CC(C)(C)c1ncc(-c2nc3n(c(=O)c2C#N)CC(COS(C)(=O)=O)CS3)cc1F. The number of halogens is 1. The number of hydrogen-bond donors (Lipinski definition) is 0. The normalized spacial score (nSPS) is 16.7. The van der Waals surface area contributed by atoms with E-state index in [4.69, 9.17) is 4.18 Å². The molecule has 1 aliphatic rings. The van der Waals surface area contributed by atoms with Crippen molar-refractivity contribution >= 4 is 21.9 Å². The van der Waals surface area contributed by atoms with Crippen LogP contribution in [0.2, 0.25) is 0 Å². The molecular weight excluding hydrogens is 431 g/mol. The van der Waals surface area contributed by atoms with Crippen molar-refractivity contribution in [3.05, 3.63) is 39.7 Å². The predicted molar refractivity (Wildman–Crippen MR) is 110 cm³/mol. The highest BCUT2D eigenvalue weighted by Crippen LogP contribution is 2.31. The molecule has 0 fully saturated rings. The number of pyridine rings is 1. The van der Waals surface area contributed by atoms with Gasteiger partial charge in [0.15, 0.2) is 5.16 Å². The van der Waals surface area contributed by atoms with E-state index in [0.717, 1.165) is 6.26 Å². The lowest BCUT2D eigenvalue weighted by Crippen LogP contribution is -2.35. The Morgan fingerprint density at radius 3 is 2.70 bits per heavy atom. The molecule has 1 aliphatic heterocycles. The average Bonchev–Trinajstić information content (AvgIpc) is 2.64. The molecule has 2 aromatic rings. The van der Waals surface area contributed by atoms with Gasteiger partial charge in [-0.2, -0.15) is 13.7 Å². The number of thioether (sulfide) groups is 1. The molecule has 0 bridgehead atoms. The summed E-state index contributed by atoms with van der Waals surface area (Å²) in [5.74, 6) is -0.281. The van der Waals surface area contributed by atoms with Gasteiger partial charge in [-0.3, -0.25) is 18.5 Å². The lowest BCUT2D eigenvalue weighted by Gasteiger charge is -2.25. The molecule has 0 spiro atoms. The fourth-order valence-corrected chi connectivity index (χ4v) is 4.55. The number of nitriles is 1. The fourth-order valence-electron chi connectivity index (χ4n) is 3.06. The van der Waals surface area contributed by atoms with Crippen molar-refractivity contribution in [2.24, 2.45) is 5.92 Å². The number of aromatic nitrogens is 3. The summed E-state index contributed by atoms with van der Waals surface area (Å²) >= 11 is 1.25. The molecule has 11 heteroatoms. The third kappa shape index (κ3) is 4.71. The Hall–Kier alpha value is -2.29. The molecule has 0 N–H and O–H groups in total. The van der Waals surface area contributed by atoms with Gasteiger partial charge in [0.25, 0.3) is 15.7 Å². The molecule has 0 radical (unpaired) electrons. The van der Waals surface area contributed by atoms with E-state index < -0.39 is 26.9 Å². The summed E-state index contributed by atoms with van der Waals surface area (Å²) in [7, 11) is -3.59. The van der Waals surface area contributed by atoms with Gasteiger partial charge in [0, 0.05) is 35.4 Å². The minimum atomic E-state index is -3.59. The van der Waals surface area contributed by atoms with Crippen molar-refractivity contribution in [1.82, 2.24) is 14.5 Å². The van der Waals surface area contributed by atoms with E-state index in [9.17, 15) is 22.9 Å². The first kappa shape index (κ1) is 22.4. The third-order valence-corrected chi connectivity index (χ3v) is 6.25. The Morgan fingerprint density at radius 2 is 2.13 bits per heavy atom. The van der Waals surface area contributed by atoms with Crippen LogP contribution in [-0.2, 0) is 26.3 Å². The Kier molecular flexibility index (Phi) is 6.04. The first-order valence-electron chi connectivity index (χ1n) is 9.09. The van der Waals surface area contributed by atoms with Gasteiger partial charge in [-0.15, -0.1) is 0 Å². The van der Waals surface area contributed by atoms with E-state index in [-0.39, 0.29) is 41.6 Å². The van der Waals surface area contributed by atoms with Crippen LogP contribution in [0.4, 0.5) is 4.39 Å². The number of hydrogen-bond acceptors (Lipinski definition) is 8. The maximum Gasteiger partial charge on any atom is 0.272 e. The highest BCUT2D eigenvalue weighted by Gasteiger charge is 2.27. The van der Waals surface area contributed by atoms with Gasteiger partial charge in [-0.1, -0.05) is 32.5 Å². The topological polar surface area (TPSA) is 115 Å². The second-order valence-corrected chi connectivity index (χ2v) is 10.7. The van der Waals surface area contributed by atoms with Crippen molar-refractivity contribution in [2.75, 3.05) is 18.6 Å². The van der Waals surface area contributed by atoms with Crippen molar-refractivity contribution in [3.63, 3.8) is 0 Å². The van der Waals surface area contributed by atoms with Crippen LogP contribution in [0.15, 0.2) is 22.2 Å². The minimum absolute atomic E-state index is 0.0647. The van der Waals surface area contributed by atoms with Gasteiger partial charge in [0.05, 0.1) is 24.3 Å². The van der Waals surface area contributed by atoms with E-state index in [1.54, 1.807) is 0 Å². The van der Waals surface area contributed by atoms with E-state index in [0.29, 0.717) is 10.9 Å². The Morgan fingerprint density at radius 1 is 1.43 bits per heavy atom. The molecular formula is C19H21FN4O4S2. The molecule has 3 heterocycles. The molecule has 0 amide bonds. The average molecular weight is 453 g/mol. The van der Waals surface area contributed by atoms with E-state index in [1.165, 1.54) is 28.6 Å². The minimum Gasteiger partial charge on any atom is -0.286 e. The number of rotatable bonds is 4. The first-order chi connectivity index (χ1) is 13.9. The van der Waals surface area contributed by atoms with Crippen LogP contribution in [0, 0.1) is 23.1 Å². The van der Waals surface area contributed by atoms with Crippen LogP contribution in [0.3, 0.4) is 0 Å². The number of nitrogens with zero attached hydrogens (tertiary/aromatic N) is 4. The largest absolute Gasteiger partial charge is 0.286 e. The summed E-state index contributed by atoms with van der Waals surface area (Å²) in [5.41, 5.74) is -0.659. The standard InChI is InChI=1S/C19H21FN4O4S2/c1-19(2,3)16-14(20)5-12(7-22-16)15-13(6-21)17(25)24-8-11(9-28-30(4,26)27)10-29-18(24)23-15/h5,7,11H,8-10H2,1-4H3. The summed E-state index contributed by atoms with van der Waals surface area (Å²) in [6.07, 6.45) is 2.38. The van der Waals surface area contributed by atoms with Crippen molar-refractivity contribution in [3.8, 4) is 17.3 Å². The molecule has 0 saturated heterocycles. The van der Waals surface area contributed by atoms with Gasteiger partial charge < -0.3 is 0 Å². The first-order valence-corrected chi connectivity index (χ1v) is 11.9. The second kappa shape index (κ2) is 8.09. The summed E-state index contributed by atoms with van der Waals surface area (Å²) in [4.78, 5) is 21.5. The maximum atomic E-state index is 14.6. The molecule has 8 nitrogen and oxygen atoms in total. The summed E-state index contributed by atoms with van der Waals surface area (Å²) in [5, 5.41) is 9.94.